The van der Waals surface area contributed by atoms with E-state index in [1.165, 1.54) is 47.1 Å². The van der Waals surface area contributed by atoms with Crippen LogP contribution in [0.25, 0.3) is 5.57 Å². The van der Waals surface area contributed by atoms with Crippen molar-refractivity contribution >= 4 is 5.57 Å². The fraction of sp³-hybridized carbons (Fsp3) is 0.417. The van der Waals surface area contributed by atoms with Crippen molar-refractivity contribution in [3.63, 3.8) is 0 Å². The standard InChI is InChI=1S/C24H32/c1-7-9-16-24(5,6)23-17-22(15-14-20(23)8-2)19(4)21-12-10-18(3)11-13-21/h10-15,17H,4,7-9,16H2,1-3,5-6H3. The molecule has 0 saturated carbocycles. The van der Waals surface area contributed by atoms with Gasteiger partial charge in [-0.1, -0.05) is 95.1 Å². The van der Waals surface area contributed by atoms with Crippen molar-refractivity contribution in [1.82, 2.24) is 0 Å². The summed E-state index contributed by atoms with van der Waals surface area (Å²) in [5.41, 5.74) is 8.03. The van der Waals surface area contributed by atoms with Crippen molar-refractivity contribution in [1.29, 1.82) is 0 Å². The van der Waals surface area contributed by atoms with Gasteiger partial charge in [-0.15, -0.1) is 0 Å². The predicted molar refractivity (Wildman–Crippen MR) is 108 cm³/mol. The maximum atomic E-state index is 4.37. The summed E-state index contributed by atoms with van der Waals surface area (Å²) < 4.78 is 0. The number of benzene rings is 2. The quantitative estimate of drug-likeness (QED) is 0.511. The van der Waals surface area contributed by atoms with Gasteiger partial charge in [-0.05, 0) is 53.0 Å². The summed E-state index contributed by atoms with van der Waals surface area (Å²) >= 11 is 0. The first kappa shape index (κ1) is 18.5. The SMILES string of the molecule is C=C(c1ccc(C)cc1)c1ccc(CC)c(C(C)(C)CCCC)c1. The third kappa shape index (κ3) is 4.17. The molecule has 0 bridgehead atoms. The highest BCUT2D eigenvalue weighted by Gasteiger charge is 2.23. The van der Waals surface area contributed by atoms with Crippen molar-refractivity contribution in [2.24, 2.45) is 0 Å². The maximum Gasteiger partial charge on any atom is -0.0101 e. The van der Waals surface area contributed by atoms with Gasteiger partial charge in [-0.25, -0.2) is 0 Å². The van der Waals surface area contributed by atoms with Crippen LogP contribution in [0.5, 0.6) is 0 Å². The van der Waals surface area contributed by atoms with E-state index < -0.39 is 0 Å². The number of hydrogen-bond donors (Lipinski definition) is 0. The lowest BCUT2D eigenvalue weighted by Crippen LogP contribution is -2.19. The van der Waals surface area contributed by atoms with Gasteiger partial charge in [-0.3, -0.25) is 0 Å². The smallest absolute Gasteiger partial charge is 0.0101 e. The van der Waals surface area contributed by atoms with Crippen LogP contribution in [-0.2, 0) is 11.8 Å². The third-order valence-corrected chi connectivity index (χ3v) is 5.12. The molecule has 0 aliphatic heterocycles. The molecule has 128 valence electrons. The molecule has 0 heteroatoms. The van der Waals surface area contributed by atoms with Crippen molar-refractivity contribution in [3.8, 4) is 0 Å². The van der Waals surface area contributed by atoms with E-state index in [0.717, 1.165) is 12.0 Å². The zero-order chi connectivity index (χ0) is 17.7. The Balaban J connectivity index is 2.40. The molecule has 0 N–H and O–H groups in total. The Kier molecular flexibility index (Phi) is 6.04. The summed E-state index contributed by atoms with van der Waals surface area (Å²) in [4.78, 5) is 0. The summed E-state index contributed by atoms with van der Waals surface area (Å²) in [6.07, 6.45) is 4.85. The molecule has 0 amide bonds. The Bertz CT molecular complexity index is 686. The van der Waals surface area contributed by atoms with Gasteiger partial charge >= 0.3 is 0 Å². The maximum absolute atomic E-state index is 4.37. The monoisotopic (exact) mass is 320 g/mol. The molecule has 0 saturated heterocycles. The Hall–Kier alpha value is -1.82. The first-order valence-electron chi connectivity index (χ1n) is 9.28. The molecule has 0 atom stereocenters. The molecule has 0 radical (unpaired) electrons. The van der Waals surface area contributed by atoms with Crippen LogP contribution in [0.15, 0.2) is 49.0 Å². The normalized spacial score (nSPS) is 11.5. The summed E-state index contributed by atoms with van der Waals surface area (Å²) in [5, 5.41) is 0. The van der Waals surface area contributed by atoms with E-state index >= 15 is 0 Å². The summed E-state index contributed by atoms with van der Waals surface area (Å²) in [6, 6.07) is 15.6. The van der Waals surface area contributed by atoms with Gasteiger partial charge in [0.25, 0.3) is 0 Å². The van der Waals surface area contributed by atoms with E-state index in [2.05, 4.69) is 83.7 Å². The van der Waals surface area contributed by atoms with Crippen LogP contribution in [0, 0.1) is 6.92 Å². The summed E-state index contributed by atoms with van der Waals surface area (Å²) in [7, 11) is 0. The van der Waals surface area contributed by atoms with Crippen LogP contribution >= 0.6 is 0 Å². The molecular formula is C24H32. The number of rotatable bonds is 7. The highest BCUT2D eigenvalue weighted by Crippen LogP contribution is 2.34. The lowest BCUT2D eigenvalue weighted by atomic mass is 9.76. The molecule has 2 rings (SSSR count). The predicted octanol–water partition coefficient (Wildman–Crippen LogP) is 7.09. The average Bonchev–Trinajstić information content (AvgIpc) is 2.59. The fourth-order valence-corrected chi connectivity index (χ4v) is 3.38. The summed E-state index contributed by atoms with van der Waals surface area (Å²) in [6.45, 7) is 15.8. The second-order valence-electron chi connectivity index (χ2n) is 7.56. The van der Waals surface area contributed by atoms with Crippen LogP contribution in [0.4, 0.5) is 0 Å². The highest BCUT2D eigenvalue weighted by atomic mass is 14.3. The Morgan fingerprint density at radius 2 is 1.58 bits per heavy atom. The highest BCUT2D eigenvalue weighted by molar-refractivity contribution is 5.78. The van der Waals surface area contributed by atoms with Crippen molar-refractivity contribution in [2.75, 3.05) is 0 Å². The average molecular weight is 321 g/mol. The van der Waals surface area contributed by atoms with Crippen LogP contribution in [0.2, 0.25) is 0 Å². The molecule has 0 spiro atoms. The molecule has 24 heavy (non-hydrogen) atoms. The van der Waals surface area contributed by atoms with Crippen molar-refractivity contribution in [2.45, 2.75) is 65.7 Å². The fourth-order valence-electron chi connectivity index (χ4n) is 3.38. The Morgan fingerprint density at radius 1 is 0.958 bits per heavy atom. The van der Waals surface area contributed by atoms with E-state index in [4.69, 9.17) is 0 Å². The molecule has 0 aliphatic rings. The molecule has 2 aromatic rings. The van der Waals surface area contributed by atoms with E-state index in [-0.39, 0.29) is 5.41 Å². The van der Waals surface area contributed by atoms with Gasteiger partial charge in [0.05, 0.1) is 0 Å². The Morgan fingerprint density at radius 3 is 2.17 bits per heavy atom. The minimum Gasteiger partial charge on any atom is -0.0906 e. The minimum absolute atomic E-state index is 0.213. The van der Waals surface area contributed by atoms with E-state index in [1.807, 2.05) is 0 Å². The van der Waals surface area contributed by atoms with Crippen LogP contribution < -0.4 is 0 Å². The zero-order valence-corrected chi connectivity index (χ0v) is 16.1. The van der Waals surface area contributed by atoms with E-state index in [1.54, 1.807) is 0 Å². The number of aryl methyl sites for hydroxylation is 2. The van der Waals surface area contributed by atoms with E-state index in [9.17, 15) is 0 Å². The zero-order valence-electron chi connectivity index (χ0n) is 16.1. The van der Waals surface area contributed by atoms with Crippen LogP contribution in [0.1, 0.15) is 74.8 Å². The lowest BCUT2D eigenvalue weighted by Gasteiger charge is -2.29. The minimum atomic E-state index is 0.213. The van der Waals surface area contributed by atoms with Gasteiger partial charge in [0.1, 0.15) is 0 Å². The van der Waals surface area contributed by atoms with Gasteiger partial charge in [0.15, 0.2) is 0 Å². The molecule has 2 aromatic carbocycles. The van der Waals surface area contributed by atoms with Crippen LogP contribution in [-0.4, -0.2) is 0 Å². The lowest BCUT2D eigenvalue weighted by molar-refractivity contribution is 0.454. The van der Waals surface area contributed by atoms with Crippen molar-refractivity contribution in [3.05, 3.63) is 76.9 Å². The molecule has 0 aliphatic carbocycles. The van der Waals surface area contributed by atoms with Crippen molar-refractivity contribution < 1.29 is 0 Å². The summed E-state index contributed by atoms with van der Waals surface area (Å²) in [5.74, 6) is 0. The topological polar surface area (TPSA) is 0 Å². The van der Waals surface area contributed by atoms with Gasteiger partial charge < -0.3 is 0 Å². The first-order valence-corrected chi connectivity index (χ1v) is 9.28. The number of hydrogen-bond acceptors (Lipinski definition) is 0. The van der Waals surface area contributed by atoms with Gasteiger partial charge in [0, 0.05) is 0 Å². The second-order valence-corrected chi connectivity index (χ2v) is 7.56. The largest absolute Gasteiger partial charge is 0.0906 e. The van der Waals surface area contributed by atoms with E-state index in [0.29, 0.717) is 0 Å². The van der Waals surface area contributed by atoms with Gasteiger partial charge in [-0.2, -0.15) is 0 Å². The van der Waals surface area contributed by atoms with Gasteiger partial charge in [0.2, 0.25) is 0 Å². The molecule has 0 fully saturated rings. The molecular weight excluding hydrogens is 288 g/mol. The molecule has 0 nitrogen and oxygen atoms in total. The Labute approximate surface area is 148 Å². The third-order valence-electron chi connectivity index (χ3n) is 5.12. The molecule has 0 aromatic heterocycles. The number of unbranched alkanes of at least 4 members (excludes halogenated alkanes) is 1. The first-order chi connectivity index (χ1) is 11.4. The second kappa shape index (κ2) is 7.83. The molecule has 0 heterocycles. The molecule has 0 unspecified atom stereocenters. The van der Waals surface area contributed by atoms with Crippen LogP contribution in [0.3, 0.4) is 0 Å².